The Morgan fingerprint density at radius 3 is 2.62 bits per heavy atom. The maximum Gasteiger partial charge on any atom is 0.411 e. The number of halogens is 3. The molecule has 1 aromatic heterocycles. The predicted octanol–water partition coefficient (Wildman–Crippen LogP) is 1.03. The summed E-state index contributed by atoms with van der Waals surface area (Å²) in [7, 11) is 0. The quantitative estimate of drug-likeness (QED) is 0.875. The van der Waals surface area contributed by atoms with Gasteiger partial charge in [0.1, 0.15) is 5.54 Å². The molecule has 1 aliphatic heterocycles. The van der Waals surface area contributed by atoms with Crippen LogP contribution in [0.1, 0.15) is 42.2 Å². The van der Waals surface area contributed by atoms with Gasteiger partial charge in [-0.05, 0) is 38.8 Å². The van der Waals surface area contributed by atoms with E-state index in [4.69, 9.17) is 0 Å². The number of carbonyl (C=O) groups is 1. The third-order valence-corrected chi connectivity index (χ3v) is 4.07. The van der Waals surface area contributed by atoms with Crippen LogP contribution in [0.5, 0.6) is 0 Å². The first-order valence-corrected chi connectivity index (χ1v) is 6.93. The highest BCUT2D eigenvalue weighted by molar-refractivity contribution is 5.92. The minimum Gasteiger partial charge on any atom is -0.336 e. The number of amides is 1. The van der Waals surface area contributed by atoms with Crippen LogP contribution in [-0.4, -0.2) is 45.7 Å². The molecule has 6 nitrogen and oxygen atoms in total. The molecule has 1 aromatic rings. The largest absolute Gasteiger partial charge is 0.411 e. The third-order valence-electron chi connectivity index (χ3n) is 4.07. The SMILES string of the molecule is O=C(NC1(C(F)(F)F)CC1)c1cn(C2CCNCC2)nn1. The lowest BCUT2D eigenvalue weighted by Crippen LogP contribution is -2.47. The van der Waals surface area contributed by atoms with E-state index in [0.29, 0.717) is 0 Å². The molecule has 9 heteroatoms. The van der Waals surface area contributed by atoms with Gasteiger partial charge in [-0.3, -0.25) is 4.79 Å². The molecule has 21 heavy (non-hydrogen) atoms. The van der Waals surface area contributed by atoms with Crippen molar-refractivity contribution < 1.29 is 18.0 Å². The fourth-order valence-electron chi connectivity index (χ4n) is 2.52. The van der Waals surface area contributed by atoms with Gasteiger partial charge >= 0.3 is 6.18 Å². The summed E-state index contributed by atoms with van der Waals surface area (Å²) in [5.74, 6) is -0.815. The molecule has 3 rings (SSSR count). The lowest BCUT2D eigenvalue weighted by molar-refractivity contribution is -0.163. The van der Waals surface area contributed by atoms with E-state index < -0.39 is 17.6 Å². The molecule has 1 aliphatic carbocycles. The number of nitrogens with one attached hydrogen (secondary N) is 2. The van der Waals surface area contributed by atoms with Crippen LogP contribution in [0.4, 0.5) is 13.2 Å². The number of hydrogen-bond acceptors (Lipinski definition) is 4. The van der Waals surface area contributed by atoms with Crippen molar-refractivity contribution in [2.45, 2.75) is 43.4 Å². The Hall–Kier alpha value is -1.64. The van der Waals surface area contributed by atoms with Gasteiger partial charge in [0.2, 0.25) is 0 Å². The average Bonchev–Trinajstić information content (AvgIpc) is 3.07. The topological polar surface area (TPSA) is 71.8 Å². The maximum absolute atomic E-state index is 12.8. The van der Waals surface area contributed by atoms with Crippen molar-refractivity contribution in [2.75, 3.05) is 13.1 Å². The summed E-state index contributed by atoms with van der Waals surface area (Å²) < 4.78 is 40.0. The molecule has 1 saturated carbocycles. The monoisotopic (exact) mass is 303 g/mol. The molecule has 1 saturated heterocycles. The molecule has 0 spiro atoms. The second-order valence-corrected chi connectivity index (χ2v) is 5.60. The smallest absolute Gasteiger partial charge is 0.336 e. The predicted molar refractivity (Wildman–Crippen MR) is 66.6 cm³/mol. The van der Waals surface area contributed by atoms with E-state index in [0.717, 1.165) is 25.9 Å². The molecule has 0 bridgehead atoms. The van der Waals surface area contributed by atoms with E-state index in [1.807, 2.05) is 5.32 Å². The molecule has 2 N–H and O–H groups in total. The second-order valence-electron chi connectivity index (χ2n) is 5.60. The first kappa shape index (κ1) is 14.3. The number of piperidine rings is 1. The molecular formula is C12H16F3N5O. The van der Waals surface area contributed by atoms with Gasteiger partial charge in [0.15, 0.2) is 5.69 Å². The van der Waals surface area contributed by atoms with E-state index in [1.54, 1.807) is 4.68 Å². The van der Waals surface area contributed by atoms with Crippen molar-refractivity contribution >= 4 is 5.91 Å². The summed E-state index contributed by atoms with van der Waals surface area (Å²) in [6.07, 6.45) is -1.44. The summed E-state index contributed by atoms with van der Waals surface area (Å²) in [5.41, 5.74) is -2.13. The molecule has 0 radical (unpaired) electrons. The van der Waals surface area contributed by atoms with E-state index in [1.165, 1.54) is 6.20 Å². The molecule has 2 aliphatic rings. The molecule has 2 fully saturated rings. The van der Waals surface area contributed by atoms with Crippen molar-refractivity contribution in [3.8, 4) is 0 Å². The first-order valence-electron chi connectivity index (χ1n) is 6.93. The molecular weight excluding hydrogens is 287 g/mol. The Morgan fingerprint density at radius 1 is 1.38 bits per heavy atom. The lowest BCUT2D eigenvalue weighted by Gasteiger charge is -2.22. The summed E-state index contributed by atoms with van der Waals surface area (Å²) in [6.45, 7) is 1.70. The van der Waals surface area contributed by atoms with Gasteiger partial charge in [-0.1, -0.05) is 5.21 Å². The Morgan fingerprint density at radius 2 is 2.05 bits per heavy atom. The van der Waals surface area contributed by atoms with Crippen LogP contribution in [0.15, 0.2) is 6.20 Å². The van der Waals surface area contributed by atoms with Gasteiger partial charge in [0.25, 0.3) is 5.91 Å². The van der Waals surface area contributed by atoms with Crippen LogP contribution >= 0.6 is 0 Å². The molecule has 0 aromatic carbocycles. The van der Waals surface area contributed by atoms with Crippen LogP contribution in [-0.2, 0) is 0 Å². The van der Waals surface area contributed by atoms with Crippen molar-refractivity contribution in [2.24, 2.45) is 0 Å². The van der Waals surface area contributed by atoms with Crippen molar-refractivity contribution in [1.82, 2.24) is 25.6 Å². The van der Waals surface area contributed by atoms with Gasteiger partial charge in [-0.15, -0.1) is 5.10 Å². The highest BCUT2D eigenvalue weighted by Gasteiger charge is 2.64. The fraction of sp³-hybridized carbons (Fsp3) is 0.750. The molecule has 116 valence electrons. The van der Waals surface area contributed by atoms with Crippen LogP contribution in [0.25, 0.3) is 0 Å². The van der Waals surface area contributed by atoms with Crippen molar-refractivity contribution in [3.05, 3.63) is 11.9 Å². The first-order chi connectivity index (χ1) is 9.91. The van der Waals surface area contributed by atoms with E-state index in [2.05, 4.69) is 15.6 Å². The van der Waals surface area contributed by atoms with Gasteiger partial charge in [0.05, 0.1) is 12.2 Å². The zero-order valence-electron chi connectivity index (χ0n) is 11.3. The van der Waals surface area contributed by atoms with E-state index >= 15 is 0 Å². The Balaban J connectivity index is 1.67. The molecule has 0 unspecified atom stereocenters. The normalized spacial score (nSPS) is 22.0. The van der Waals surface area contributed by atoms with Crippen LogP contribution < -0.4 is 10.6 Å². The minimum atomic E-state index is -4.42. The van der Waals surface area contributed by atoms with Crippen LogP contribution in [0.2, 0.25) is 0 Å². The number of hydrogen-bond donors (Lipinski definition) is 2. The van der Waals surface area contributed by atoms with Crippen LogP contribution in [0.3, 0.4) is 0 Å². The molecule has 2 heterocycles. The molecule has 1 amide bonds. The average molecular weight is 303 g/mol. The number of alkyl halides is 3. The summed E-state index contributed by atoms with van der Waals surface area (Å²) in [4.78, 5) is 11.9. The summed E-state index contributed by atoms with van der Waals surface area (Å²) in [5, 5.41) is 12.8. The Labute approximate surface area is 119 Å². The molecule has 0 atom stereocenters. The van der Waals surface area contributed by atoms with E-state index in [-0.39, 0.29) is 24.6 Å². The number of aromatic nitrogens is 3. The third kappa shape index (κ3) is 2.74. The van der Waals surface area contributed by atoms with Crippen LogP contribution in [0, 0.1) is 0 Å². The lowest BCUT2D eigenvalue weighted by atomic mass is 10.1. The Kier molecular flexibility index (Phi) is 3.39. The van der Waals surface area contributed by atoms with Crippen molar-refractivity contribution in [3.63, 3.8) is 0 Å². The number of carbonyl (C=O) groups excluding carboxylic acids is 1. The minimum absolute atomic E-state index is 0.0657. The second kappa shape index (κ2) is 4.97. The van der Waals surface area contributed by atoms with Gasteiger partial charge in [-0.2, -0.15) is 13.2 Å². The van der Waals surface area contributed by atoms with Gasteiger partial charge < -0.3 is 10.6 Å². The summed E-state index contributed by atoms with van der Waals surface area (Å²) in [6, 6.07) is 0.137. The van der Waals surface area contributed by atoms with Gasteiger partial charge in [0, 0.05) is 0 Å². The van der Waals surface area contributed by atoms with Gasteiger partial charge in [-0.25, -0.2) is 4.68 Å². The Bertz CT molecular complexity index is 531. The maximum atomic E-state index is 12.8. The fourth-order valence-corrected chi connectivity index (χ4v) is 2.52. The standard InChI is InChI=1S/C12H16F3N5O/c13-12(14,15)11(3-4-11)17-10(21)9-7-20(19-18-9)8-1-5-16-6-2-8/h7-8,16H,1-6H2,(H,17,21). The van der Waals surface area contributed by atoms with Crippen molar-refractivity contribution in [1.29, 1.82) is 0 Å². The zero-order chi connectivity index (χ0) is 15.1. The highest BCUT2D eigenvalue weighted by atomic mass is 19.4. The zero-order valence-corrected chi connectivity index (χ0v) is 11.3. The summed E-state index contributed by atoms with van der Waals surface area (Å²) >= 11 is 0. The number of nitrogens with zero attached hydrogens (tertiary/aromatic N) is 3. The van der Waals surface area contributed by atoms with E-state index in [9.17, 15) is 18.0 Å². The highest BCUT2D eigenvalue weighted by Crippen LogP contribution is 2.49. The number of rotatable bonds is 3.